The van der Waals surface area contributed by atoms with E-state index in [9.17, 15) is 13.6 Å². The van der Waals surface area contributed by atoms with E-state index in [1.54, 1.807) is 0 Å². The maximum absolute atomic E-state index is 14.1. The molecule has 2 aromatic carbocycles. The molecular formula is C21H24F2N2O2. The maximum Gasteiger partial charge on any atom is 0.258 e. The highest BCUT2D eigenvalue weighted by molar-refractivity contribution is 5.97. The molecule has 1 aliphatic heterocycles. The fourth-order valence-corrected chi connectivity index (χ4v) is 3.40. The van der Waals surface area contributed by atoms with Crippen molar-refractivity contribution >= 4 is 5.91 Å². The first-order chi connectivity index (χ1) is 13.1. The summed E-state index contributed by atoms with van der Waals surface area (Å²) in [4.78, 5) is 14.8. The molecule has 0 spiro atoms. The number of methoxy groups -OCH3 is 1. The second-order valence-corrected chi connectivity index (χ2v) is 6.76. The average molecular weight is 374 g/mol. The van der Waals surface area contributed by atoms with Crippen LogP contribution in [0.2, 0.25) is 0 Å². The van der Waals surface area contributed by atoms with Crippen LogP contribution in [0.25, 0.3) is 0 Å². The first kappa shape index (κ1) is 19.3. The van der Waals surface area contributed by atoms with Gasteiger partial charge in [-0.2, -0.15) is 0 Å². The quantitative estimate of drug-likeness (QED) is 0.843. The van der Waals surface area contributed by atoms with Crippen molar-refractivity contribution in [2.24, 2.45) is 0 Å². The monoisotopic (exact) mass is 374 g/mol. The van der Waals surface area contributed by atoms with Gasteiger partial charge in [0.1, 0.15) is 11.3 Å². The van der Waals surface area contributed by atoms with Crippen molar-refractivity contribution in [2.75, 3.05) is 26.7 Å². The summed E-state index contributed by atoms with van der Waals surface area (Å²) in [5.74, 6) is -2.83. The van der Waals surface area contributed by atoms with Crippen LogP contribution < -0.4 is 10.1 Å². The summed E-state index contributed by atoms with van der Waals surface area (Å²) in [5.41, 5.74) is 0.936. The number of nitrogens with one attached hydrogen (secondary N) is 1. The predicted molar refractivity (Wildman–Crippen MR) is 100.0 cm³/mol. The average Bonchev–Trinajstić information content (AvgIpc) is 2.70. The zero-order valence-corrected chi connectivity index (χ0v) is 15.4. The van der Waals surface area contributed by atoms with Gasteiger partial charge in [-0.15, -0.1) is 0 Å². The Morgan fingerprint density at radius 1 is 1.15 bits per heavy atom. The van der Waals surface area contributed by atoms with E-state index >= 15 is 0 Å². The van der Waals surface area contributed by atoms with Gasteiger partial charge >= 0.3 is 0 Å². The van der Waals surface area contributed by atoms with Gasteiger partial charge in [-0.3, -0.25) is 4.79 Å². The molecule has 1 aliphatic rings. The van der Waals surface area contributed by atoms with Crippen LogP contribution in [0.4, 0.5) is 8.78 Å². The summed E-state index contributed by atoms with van der Waals surface area (Å²) in [6.07, 6.45) is 2.54. The van der Waals surface area contributed by atoms with Crippen LogP contribution in [-0.4, -0.2) is 43.6 Å². The van der Waals surface area contributed by atoms with E-state index in [1.165, 1.54) is 18.7 Å². The lowest BCUT2D eigenvalue weighted by Crippen LogP contribution is -2.45. The van der Waals surface area contributed by atoms with Gasteiger partial charge in [-0.05, 0) is 37.0 Å². The Labute approximate surface area is 158 Å². The number of carbonyl (C=O) groups excluding carboxylic acids is 1. The number of carbonyl (C=O) groups is 1. The molecule has 0 bridgehead atoms. The second kappa shape index (κ2) is 8.95. The number of nitrogens with zero attached hydrogens (tertiary/aromatic N) is 1. The van der Waals surface area contributed by atoms with E-state index in [1.807, 2.05) is 18.2 Å². The molecule has 0 aliphatic carbocycles. The number of ether oxygens (including phenoxy) is 1. The summed E-state index contributed by atoms with van der Waals surface area (Å²) in [6, 6.07) is 12.5. The highest BCUT2D eigenvalue weighted by Crippen LogP contribution is 2.24. The molecule has 1 amide bonds. The number of likely N-dealkylation sites (tertiary alicyclic amines) is 1. The number of hydrogen-bond donors (Lipinski definition) is 1. The molecule has 4 nitrogen and oxygen atoms in total. The van der Waals surface area contributed by atoms with Crippen molar-refractivity contribution in [3.8, 4) is 5.75 Å². The maximum atomic E-state index is 14.1. The van der Waals surface area contributed by atoms with E-state index in [2.05, 4.69) is 22.3 Å². The van der Waals surface area contributed by atoms with Crippen molar-refractivity contribution in [1.29, 1.82) is 0 Å². The minimum atomic E-state index is -1.17. The standard InChI is InChI=1S/C21H24F2N2O2/c1-27-18-8-7-17(22)20(23)19(18)21(26)24-16-10-13-25(14-11-16)12-9-15-5-3-2-4-6-15/h2-8,16H,9-14H2,1H3,(H,24,26). The number of rotatable bonds is 6. The summed E-state index contributed by atoms with van der Waals surface area (Å²) < 4.78 is 32.6. The largest absolute Gasteiger partial charge is 0.496 e. The van der Waals surface area contributed by atoms with Crippen molar-refractivity contribution in [3.63, 3.8) is 0 Å². The van der Waals surface area contributed by atoms with Crippen molar-refractivity contribution in [2.45, 2.75) is 25.3 Å². The second-order valence-electron chi connectivity index (χ2n) is 6.76. The first-order valence-electron chi connectivity index (χ1n) is 9.17. The van der Waals surface area contributed by atoms with Crippen LogP contribution in [0.1, 0.15) is 28.8 Å². The zero-order valence-electron chi connectivity index (χ0n) is 15.4. The van der Waals surface area contributed by atoms with Gasteiger partial charge in [0.05, 0.1) is 7.11 Å². The molecule has 1 heterocycles. The summed E-state index contributed by atoms with van der Waals surface area (Å²) in [6.45, 7) is 2.69. The zero-order chi connectivity index (χ0) is 19.2. The SMILES string of the molecule is COc1ccc(F)c(F)c1C(=O)NC1CCN(CCc2ccccc2)CC1. The fourth-order valence-electron chi connectivity index (χ4n) is 3.40. The van der Waals surface area contributed by atoms with Crippen LogP contribution in [0.5, 0.6) is 5.75 Å². The lowest BCUT2D eigenvalue weighted by atomic mass is 10.0. The van der Waals surface area contributed by atoms with Crippen molar-refractivity contribution in [1.82, 2.24) is 10.2 Å². The van der Waals surface area contributed by atoms with Gasteiger partial charge in [0, 0.05) is 25.7 Å². The minimum Gasteiger partial charge on any atom is -0.496 e. The number of amides is 1. The molecule has 3 rings (SSSR count). The molecule has 1 fully saturated rings. The third-order valence-electron chi connectivity index (χ3n) is 4.99. The molecule has 0 atom stereocenters. The minimum absolute atomic E-state index is 0.0340. The third-order valence-corrected chi connectivity index (χ3v) is 4.99. The summed E-state index contributed by atoms with van der Waals surface area (Å²) in [7, 11) is 1.33. The Kier molecular flexibility index (Phi) is 6.40. The number of piperidine rings is 1. The molecule has 0 saturated carbocycles. The van der Waals surface area contributed by atoms with Gasteiger partial charge in [-0.25, -0.2) is 8.78 Å². The van der Waals surface area contributed by atoms with Crippen molar-refractivity contribution in [3.05, 3.63) is 65.2 Å². The van der Waals surface area contributed by atoms with E-state index in [0.29, 0.717) is 0 Å². The molecule has 0 radical (unpaired) electrons. The Bertz CT molecular complexity index is 775. The lowest BCUT2D eigenvalue weighted by Gasteiger charge is -2.32. The number of hydrogen-bond acceptors (Lipinski definition) is 3. The molecule has 1 N–H and O–H groups in total. The highest BCUT2D eigenvalue weighted by Gasteiger charge is 2.25. The molecule has 2 aromatic rings. The topological polar surface area (TPSA) is 41.6 Å². The first-order valence-corrected chi connectivity index (χ1v) is 9.17. The predicted octanol–water partition coefficient (Wildman–Crippen LogP) is 3.41. The van der Waals surface area contributed by atoms with E-state index in [-0.39, 0.29) is 17.4 Å². The van der Waals surface area contributed by atoms with Crippen LogP contribution in [0, 0.1) is 11.6 Å². The Morgan fingerprint density at radius 3 is 2.52 bits per heavy atom. The molecule has 6 heteroatoms. The van der Waals surface area contributed by atoms with E-state index in [4.69, 9.17) is 4.74 Å². The Balaban J connectivity index is 1.52. The van der Waals surface area contributed by atoms with Gasteiger partial charge in [-0.1, -0.05) is 30.3 Å². The molecule has 0 unspecified atom stereocenters. The summed E-state index contributed by atoms with van der Waals surface area (Å²) in [5, 5.41) is 2.82. The van der Waals surface area contributed by atoms with Crippen LogP contribution in [-0.2, 0) is 6.42 Å². The fraction of sp³-hybridized carbons (Fsp3) is 0.381. The smallest absolute Gasteiger partial charge is 0.258 e. The number of benzene rings is 2. The van der Waals surface area contributed by atoms with Crippen molar-refractivity contribution < 1.29 is 18.3 Å². The summed E-state index contributed by atoms with van der Waals surface area (Å²) >= 11 is 0. The van der Waals surface area contributed by atoms with Crippen LogP contribution >= 0.6 is 0 Å². The van der Waals surface area contributed by atoms with E-state index in [0.717, 1.165) is 45.0 Å². The normalized spacial score (nSPS) is 15.5. The van der Waals surface area contributed by atoms with E-state index < -0.39 is 17.5 Å². The molecule has 0 aromatic heterocycles. The van der Waals surface area contributed by atoms with Gasteiger partial charge in [0.2, 0.25) is 0 Å². The lowest BCUT2D eigenvalue weighted by molar-refractivity contribution is 0.0903. The van der Waals surface area contributed by atoms with Crippen LogP contribution in [0.15, 0.2) is 42.5 Å². The molecule has 1 saturated heterocycles. The number of halogens is 2. The van der Waals surface area contributed by atoms with Gasteiger partial charge in [0.15, 0.2) is 11.6 Å². The highest BCUT2D eigenvalue weighted by atomic mass is 19.2. The van der Waals surface area contributed by atoms with Gasteiger partial charge < -0.3 is 15.0 Å². The molecule has 27 heavy (non-hydrogen) atoms. The third kappa shape index (κ3) is 4.83. The van der Waals surface area contributed by atoms with Crippen LogP contribution in [0.3, 0.4) is 0 Å². The molecular weight excluding hydrogens is 350 g/mol. The van der Waals surface area contributed by atoms with Gasteiger partial charge in [0.25, 0.3) is 5.91 Å². The molecule has 144 valence electrons. The Morgan fingerprint density at radius 2 is 1.85 bits per heavy atom. The Hall–Kier alpha value is -2.47.